The molecule has 0 spiro atoms. The number of nitrogens with one attached hydrogen (secondary N) is 1. The van der Waals surface area contributed by atoms with Crippen molar-refractivity contribution in [3.8, 4) is 5.75 Å². The van der Waals surface area contributed by atoms with E-state index >= 15 is 0 Å². The molecule has 2 aromatic carbocycles. The first-order valence-electron chi connectivity index (χ1n) is 10.4. The fraction of sp³-hybridized carbons (Fsp3) is 0.240. The van der Waals surface area contributed by atoms with Gasteiger partial charge in [0.25, 0.3) is 11.8 Å². The Morgan fingerprint density at radius 1 is 1.06 bits per heavy atom. The van der Waals surface area contributed by atoms with Crippen molar-refractivity contribution >= 4 is 23.2 Å². The van der Waals surface area contributed by atoms with Crippen LogP contribution in [0.2, 0.25) is 0 Å². The van der Waals surface area contributed by atoms with Gasteiger partial charge in [-0.05, 0) is 56.2 Å². The molecule has 4 rings (SSSR count). The molecule has 0 fully saturated rings. The Balaban J connectivity index is 0.00000289. The molecule has 7 heteroatoms. The number of carbonyl (C=O) groups excluding carboxylic acids is 2. The monoisotopic (exact) mass is 543 g/mol. The quantitative estimate of drug-likeness (QED) is 0.382. The Morgan fingerprint density at radius 2 is 1.75 bits per heavy atom. The molecule has 2 amide bonds. The van der Waals surface area contributed by atoms with Crippen molar-refractivity contribution < 1.29 is 42.9 Å². The van der Waals surface area contributed by atoms with E-state index in [4.69, 9.17) is 4.74 Å². The lowest BCUT2D eigenvalue weighted by Crippen LogP contribution is -3.00. The van der Waals surface area contributed by atoms with Crippen LogP contribution in [0.15, 0.2) is 66.9 Å². The van der Waals surface area contributed by atoms with Gasteiger partial charge in [0.1, 0.15) is 5.75 Å². The van der Waals surface area contributed by atoms with E-state index in [1.165, 1.54) is 0 Å². The third-order valence-corrected chi connectivity index (χ3v) is 5.49. The highest BCUT2D eigenvalue weighted by atomic mass is 127. The van der Waals surface area contributed by atoms with Gasteiger partial charge in [0.15, 0.2) is 6.20 Å². The predicted molar refractivity (Wildman–Crippen MR) is 119 cm³/mol. The molecular formula is C25H26IN3O3. The Labute approximate surface area is 205 Å². The van der Waals surface area contributed by atoms with Crippen molar-refractivity contribution in [3.05, 3.63) is 83.7 Å². The number of pyridine rings is 1. The molecule has 1 unspecified atom stereocenters. The van der Waals surface area contributed by atoms with Gasteiger partial charge in [-0.25, -0.2) is 0 Å². The van der Waals surface area contributed by atoms with Crippen LogP contribution in [0.1, 0.15) is 29.8 Å². The molecule has 0 saturated carbocycles. The minimum absolute atomic E-state index is 0. The molecule has 0 radical (unpaired) electrons. The molecule has 1 N–H and O–H groups in total. The Morgan fingerprint density at radius 3 is 2.41 bits per heavy atom. The van der Waals surface area contributed by atoms with Crippen molar-refractivity contribution in [2.75, 3.05) is 16.8 Å². The van der Waals surface area contributed by atoms with Crippen LogP contribution in [-0.4, -0.2) is 18.4 Å². The SMILES string of the molecule is CCOc1ccc(N2C(=O)C[n+]3ccccc3C2C(=O)Nc2c(C)cccc2C)cc1.[I-]. The second kappa shape index (κ2) is 10.1. The maximum absolute atomic E-state index is 13.6. The second-order valence-corrected chi connectivity index (χ2v) is 7.60. The van der Waals surface area contributed by atoms with E-state index in [1.807, 2.05) is 92.2 Å². The zero-order valence-electron chi connectivity index (χ0n) is 18.3. The molecule has 1 aliphatic rings. The average molecular weight is 543 g/mol. The highest BCUT2D eigenvalue weighted by Crippen LogP contribution is 2.32. The van der Waals surface area contributed by atoms with Crippen LogP contribution >= 0.6 is 0 Å². The van der Waals surface area contributed by atoms with Crippen LogP contribution in [0.3, 0.4) is 0 Å². The van der Waals surface area contributed by atoms with Gasteiger partial charge in [-0.3, -0.25) is 14.5 Å². The van der Waals surface area contributed by atoms with E-state index < -0.39 is 6.04 Å². The lowest BCUT2D eigenvalue weighted by Gasteiger charge is -2.32. The minimum Gasteiger partial charge on any atom is -1.00 e. The summed E-state index contributed by atoms with van der Waals surface area (Å²) in [6.07, 6.45) is 1.84. The molecule has 1 atom stereocenters. The van der Waals surface area contributed by atoms with E-state index in [0.717, 1.165) is 28.3 Å². The number of fused-ring (bicyclic) bond motifs is 1. The van der Waals surface area contributed by atoms with E-state index in [1.54, 1.807) is 4.90 Å². The van der Waals surface area contributed by atoms with Crippen molar-refractivity contribution in [2.45, 2.75) is 33.4 Å². The molecule has 166 valence electrons. The van der Waals surface area contributed by atoms with Gasteiger partial charge >= 0.3 is 0 Å². The summed E-state index contributed by atoms with van der Waals surface area (Å²) in [7, 11) is 0. The Kier molecular flexibility index (Phi) is 7.50. The summed E-state index contributed by atoms with van der Waals surface area (Å²) in [4.78, 5) is 28.3. The Hall–Kier alpha value is -2.94. The smallest absolute Gasteiger partial charge is 0.294 e. The fourth-order valence-electron chi connectivity index (χ4n) is 4.00. The van der Waals surface area contributed by atoms with E-state index in [-0.39, 0.29) is 42.3 Å². The van der Waals surface area contributed by atoms with Gasteiger partial charge in [0, 0.05) is 23.5 Å². The highest BCUT2D eigenvalue weighted by molar-refractivity contribution is 6.05. The van der Waals surface area contributed by atoms with Crippen molar-refractivity contribution in [1.29, 1.82) is 0 Å². The van der Waals surface area contributed by atoms with Crippen molar-refractivity contribution in [2.24, 2.45) is 0 Å². The number of amides is 2. The van der Waals surface area contributed by atoms with E-state index in [2.05, 4.69) is 5.32 Å². The number of anilines is 2. The standard InChI is InChI=1S/C25H25N3O3.HI/c1-4-31-20-13-11-19(12-14-20)28-22(29)16-27-15-6-5-10-21(27)24(28)25(30)26-23-17(2)8-7-9-18(23)3;/h5-15,24H,4,16H2,1-3H3;1H. The fourth-order valence-corrected chi connectivity index (χ4v) is 4.00. The van der Waals surface area contributed by atoms with Crippen molar-refractivity contribution in [3.63, 3.8) is 0 Å². The predicted octanol–water partition coefficient (Wildman–Crippen LogP) is 0.720. The van der Waals surface area contributed by atoms with E-state index in [0.29, 0.717) is 12.3 Å². The number of aryl methyl sites for hydroxylation is 2. The lowest BCUT2D eigenvalue weighted by atomic mass is 10.0. The summed E-state index contributed by atoms with van der Waals surface area (Å²) in [5.74, 6) is 0.329. The number of aromatic nitrogens is 1. The topological polar surface area (TPSA) is 62.5 Å². The highest BCUT2D eigenvalue weighted by Gasteiger charge is 2.43. The van der Waals surface area contributed by atoms with Crippen LogP contribution in [0.5, 0.6) is 5.75 Å². The maximum atomic E-state index is 13.6. The number of benzene rings is 2. The van der Waals surface area contributed by atoms with Crippen molar-refractivity contribution in [1.82, 2.24) is 0 Å². The molecular weight excluding hydrogens is 517 g/mol. The summed E-state index contributed by atoms with van der Waals surface area (Å²) in [6.45, 7) is 6.58. The summed E-state index contributed by atoms with van der Waals surface area (Å²) in [5.41, 5.74) is 4.15. The molecule has 1 aromatic heterocycles. The first-order valence-corrected chi connectivity index (χ1v) is 10.4. The van der Waals surface area contributed by atoms with Gasteiger partial charge in [-0.1, -0.05) is 24.3 Å². The average Bonchev–Trinajstić information content (AvgIpc) is 2.76. The number of hydrogen-bond donors (Lipinski definition) is 1. The molecule has 3 aromatic rings. The third-order valence-electron chi connectivity index (χ3n) is 5.49. The zero-order chi connectivity index (χ0) is 22.0. The zero-order valence-corrected chi connectivity index (χ0v) is 20.5. The van der Waals surface area contributed by atoms with Crippen LogP contribution in [0, 0.1) is 13.8 Å². The minimum atomic E-state index is -0.792. The Bertz CT molecular complexity index is 1110. The molecule has 32 heavy (non-hydrogen) atoms. The summed E-state index contributed by atoms with van der Waals surface area (Å²) in [5, 5.41) is 3.07. The molecule has 2 heterocycles. The lowest BCUT2D eigenvalue weighted by molar-refractivity contribution is -0.695. The first kappa shape index (κ1) is 23.7. The molecule has 0 saturated heterocycles. The van der Waals surface area contributed by atoms with Gasteiger partial charge < -0.3 is 34.0 Å². The molecule has 1 aliphatic heterocycles. The van der Waals surface area contributed by atoms with Crippen LogP contribution in [0.4, 0.5) is 11.4 Å². The summed E-state index contributed by atoms with van der Waals surface area (Å²) >= 11 is 0. The van der Waals surface area contributed by atoms with Gasteiger partial charge in [0.05, 0.1) is 6.61 Å². The number of nitrogens with zero attached hydrogens (tertiary/aromatic N) is 2. The maximum Gasteiger partial charge on any atom is 0.294 e. The first-order chi connectivity index (χ1) is 15.0. The summed E-state index contributed by atoms with van der Waals surface area (Å²) < 4.78 is 7.36. The third kappa shape index (κ3) is 4.62. The number of para-hydroxylation sites is 1. The molecule has 0 bridgehead atoms. The van der Waals surface area contributed by atoms with Gasteiger partial charge in [-0.15, -0.1) is 0 Å². The number of hydrogen-bond acceptors (Lipinski definition) is 3. The van der Waals surface area contributed by atoms with Crippen LogP contribution in [-0.2, 0) is 16.1 Å². The molecule has 0 aliphatic carbocycles. The number of halogens is 1. The van der Waals surface area contributed by atoms with E-state index in [9.17, 15) is 9.59 Å². The number of rotatable bonds is 5. The van der Waals surface area contributed by atoms with Gasteiger partial charge in [0.2, 0.25) is 18.3 Å². The molecule has 6 nitrogen and oxygen atoms in total. The second-order valence-electron chi connectivity index (χ2n) is 7.60. The number of ether oxygens (including phenoxy) is 1. The largest absolute Gasteiger partial charge is 1.00 e. The van der Waals surface area contributed by atoms with Gasteiger partial charge in [-0.2, -0.15) is 4.57 Å². The van der Waals surface area contributed by atoms with Crippen LogP contribution < -0.4 is 43.5 Å². The normalized spacial score (nSPS) is 14.9. The summed E-state index contributed by atoms with van der Waals surface area (Å²) in [6, 6.07) is 18.0. The van der Waals surface area contributed by atoms with Crippen LogP contribution in [0.25, 0.3) is 0 Å². The number of carbonyl (C=O) groups is 2.